The molecule has 0 spiro atoms. The Morgan fingerprint density at radius 1 is 1.44 bits per heavy atom. The second-order valence-corrected chi connectivity index (χ2v) is 3.83. The average Bonchev–Trinajstić information content (AvgIpc) is 2.92. The number of hydrogen-bond donors (Lipinski definition) is 1. The highest BCUT2D eigenvalue weighted by Crippen LogP contribution is 2.20. The van der Waals surface area contributed by atoms with Crippen molar-refractivity contribution in [2.45, 2.75) is 6.92 Å². The summed E-state index contributed by atoms with van der Waals surface area (Å²) < 4.78 is 7.23. The predicted octanol–water partition coefficient (Wildman–Crippen LogP) is 2.02. The number of carbonyl (C=O) groups is 1. The molecule has 0 saturated carbocycles. The van der Waals surface area contributed by atoms with E-state index in [1.807, 2.05) is 6.92 Å². The molecular weight excluding hydrogens is 234 g/mol. The molecule has 0 aliphatic rings. The van der Waals surface area contributed by atoms with Crippen LogP contribution in [-0.4, -0.2) is 25.6 Å². The zero-order chi connectivity index (χ0) is 12.7. The molecule has 1 aromatic carbocycles. The number of benzene rings is 1. The van der Waals surface area contributed by atoms with Gasteiger partial charge in [0.25, 0.3) is 0 Å². The smallest absolute Gasteiger partial charge is 0.335 e. The van der Waals surface area contributed by atoms with Gasteiger partial charge in [0.1, 0.15) is 11.3 Å². The van der Waals surface area contributed by atoms with Crippen molar-refractivity contribution < 1.29 is 14.3 Å². The fourth-order valence-corrected chi connectivity index (χ4v) is 1.73. The first kappa shape index (κ1) is 10.5. The summed E-state index contributed by atoms with van der Waals surface area (Å²) in [4.78, 5) is 19.2. The van der Waals surface area contributed by atoms with Crippen LogP contribution >= 0.6 is 0 Å². The van der Waals surface area contributed by atoms with Gasteiger partial charge in [-0.15, -0.1) is 0 Å². The van der Waals surface area contributed by atoms with Gasteiger partial charge in [-0.05, 0) is 25.1 Å². The summed E-state index contributed by atoms with van der Waals surface area (Å²) >= 11 is 0. The van der Waals surface area contributed by atoms with E-state index in [0.717, 1.165) is 5.82 Å². The quantitative estimate of drug-likeness (QED) is 0.744. The first-order chi connectivity index (χ1) is 8.65. The lowest BCUT2D eigenvalue weighted by atomic mass is 10.2. The van der Waals surface area contributed by atoms with Crippen LogP contribution in [0.2, 0.25) is 0 Å². The van der Waals surface area contributed by atoms with Crippen molar-refractivity contribution >= 4 is 17.1 Å². The van der Waals surface area contributed by atoms with Crippen LogP contribution in [0.5, 0.6) is 0 Å². The Morgan fingerprint density at radius 2 is 2.28 bits per heavy atom. The number of imidazole rings is 1. The summed E-state index contributed by atoms with van der Waals surface area (Å²) in [5.74, 6) is -0.242. The highest BCUT2D eigenvalue weighted by Gasteiger charge is 2.11. The third-order valence-electron chi connectivity index (χ3n) is 2.66. The Kier molecular flexibility index (Phi) is 2.16. The van der Waals surface area contributed by atoms with Gasteiger partial charge in [0, 0.05) is 12.4 Å². The summed E-state index contributed by atoms with van der Waals surface area (Å²) in [6.45, 7) is 1.83. The minimum atomic E-state index is -0.992. The van der Waals surface area contributed by atoms with Gasteiger partial charge in [-0.25, -0.2) is 9.78 Å². The number of aromatic nitrogens is 3. The van der Waals surface area contributed by atoms with Gasteiger partial charge < -0.3 is 9.52 Å². The van der Waals surface area contributed by atoms with Crippen molar-refractivity contribution in [1.82, 2.24) is 14.5 Å². The molecule has 0 unspecified atom stereocenters. The van der Waals surface area contributed by atoms with Crippen molar-refractivity contribution in [3.63, 3.8) is 0 Å². The largest absolute Gasteiger partial charge is 0.478 e. The van der Waals surface area contributed by atoms with Gasteiger partial charge in [-0.3, -0.25) is 4.57 Å². The fourth-order valence-electron chi connectivity index (χ4n) is 1.73. The number of carboxylic acid groups (broad SMARTS) is 1. The van der Waals surface area contributed by atoms with Gasteiger partial charge >= 0.3 is 12.0 Å². The van der Waals surface area contributed by atoms with E-state index in [1.54, 1.807) is 23.0 Å². The molecular formula is C12H9N3O3. The minimum absolute atomic E-state index is 0.174. The second kappa shape index (κ2) is 3.69. The van der Waals surface area contributed by atoms with Crippen molar-refractivity contribution in [3.8, 4) is 6.01 Å². The lowest BCUT2D eigenvalue weighted by Crippen LogP contribution is -1.94. The van der Waals surface area contributed by atoms with Crippen LogP contribution in [0.3, 0.4) is 0 Å². The summed E-state index contributed by atoms with van der Waals surface area (Å²) in [7, 11) is 0. The van der Waals surface area contributed by atoms with Crippen LogP contribution in [0.1, 0.15) is 16.2 Å². The molecule has 0 aliphatic carbocycles. The monoisotopic (exact) mass is 243 g/mol. The molecule has 1 N–H and O–H groups in total. The van der Waals surface area contributed by atoms with Crippen LogP contribution in [0, 0.1) is 6.92 Å². The van der Waals surface area contributed by atoms with Crippen molar-refractivity contribution in [2.24, 2.45) is 0 Å². The number of oxazole rings is 1. The molecule has 0 fully saturated rings. The Balaban J connectivity index is 2.17. The summed E-state index contributed by atoms with van der Waals surface area (Å²) in [6.07, 6.45) is 3.38. The predicted molar refractivity (Wildman–Crippen MR) is 62.8 cm³/mol. The van der Waals surface area contributed by atoms with Gasteiger partial charge in [-0.2, -0.15) is 4.98 Å². The zero-order valence-corrected chi connectivity index (χ0v) is 9.49. The maximum atomic E-state index is 10.9. The van der Waals surface area contributed by atoms with Crippen LogP contribution in [0.15, 0.2) is 35.0 Å². The van der Waals surface area contributed by atoms with Crippen molar-refractivity contribution in [3.05, 3.63) is 42.0 Å². The normalized spacial score (nSPS) is 10.9. The summed E-state index contributed by atoms with van der Waals surface area (Å²) in [5, 5.41) is 8.90. The van der Waals surface area contributed by atoms with Crippen molar-refractivity contribution in [1.29, 1.82) is 0 Å². The molecule has 2 aromatic heterocycles. The Bertz CT molecular complexity index is 742. The van der Waals surface area contributed by atoms with E-state index in [9.17, 15) is 4.79 Å². The van der Waals surface area contributed by atoms with E-state index in [-0.39, 0.29) is 5.56 Å². The first-order valence-corrected chi connectivity index (χ1v) is 5.29. The van der Waals surface area contributed by atoms with Gasteiger partial charge in [0.15, 0.2) is 5.58 Å². The number of nitrogens with zero attached hydrogens (tertiary/aromatic N) is 3. The van der Waals surface area contributed by atoms with Crippen LogP contribution < -0.4 is 0 Å². The molecule has 90 valence electrons. The molecule has 0 amide bonds. The Hall–Kier alpha value is -2.63. The SMILES string of the molecule is Cc1nccn1-c1nc2ccc(C(=O)O)cc2o1. The lowest BCUT2D eigenvalue weighted by Gasteiger charge is -1.95. The number of rotatable bonds is 2. The molecule has 0 aliphatic heterocycles. The van der Waals surface area contributed by atoms with Crippen LogP contribution in [0.4, 0.5) is 0 Å². The molecule has 3 rings (SSSR count). The maximum absolute atomic E-state index is 10.9. The van der Waals surface area contributed by atoms with E-state index in [2.05, 4.69) is 9.97 Å². The third kappa shape index (κ3) is 1.55. The van der Waals surface area contributed by atoms with Crippen molar-refractivity contribution in [2.75, 3.05) is 0 Å². The van der Waals surface area contributed by atoms with E-state index >= 15 is 0 Å². The minimum Gasteiger partial charge on any atom is -0.478 e. The second-order valence-electron chi connectivity index (χ2n) is 3.83. The van der Waals surface area contributed by atoms with E-state index in [0.29, 0.717) is 17.1 Å². The molecule has 18 heavy (non-hydrogen) atoms. The molecule has 0 saturated heterocycles. The Labute approximate surface area is 102 Å². The van der Waals surface area contributed by atoms with Gasteiger partial charge in [0.2, 0.25) is 0 Å². The summed E-state index contributed by atoms with van der Waals surface area (Å²) in [5.41, 5.74) is 1.23. The number of hydrogen-bond acceptors (Lipinski definition) is 4. The topological polar surface area (TPSA) is 81.2 Å². The standard InChI is InChI=1S/C12H9N3O3/c1-7-13-4-5-15(7)12-14-9-3-2-8(11(16)17)6-10(9)18-12/h2-6H,1H3,(H,16,17). The zero-order valence-electron chi connectivity index (χ0n) is 9.49. The van der Waals surface area contributed by atoms with E-state index in [1.165, 1.54) is 12.1 Å². The van der Waals surface area contributed by atoms with Crippen LogP contribution in [-0.2, 0) is 0 Å². The Morgan fingerprint density at radius 3 is 2.94 bits per heavy atom. The number of aromatic carboxylic acids is 1. The van der Waals surface area contributed by atoms with E-state index in [4.69, 9.17) is 9.52 Å². The first-order valence-electron chi connectivity index (χ1n) is 5.29. The number of fused-ring (bicyclic) bond motifs is 1. The third-order valence-corrected chi connectivity index (χ3v) is 2.66. The van der Waals surface area contributed by atoms with Crippen LogP contribution in [0.25, 0.3) is 17.1 Å². The summed E-state index contributed by atoms with van der Waals surface area (Å²) in [6, 6.07) is 4.96. The number of aryl methyl sites for hydroxylation is 1. The number of carboxylic acids is 1. The lowest BCUT2D eigenvalue weighted by molar-refractivity contribution is 0.0697. The molecule has 6 nitrogen and oxygen atoms in total. The molecule has 0 atom stereocenters. The molecule has 0 bridgehead atoms. The fraction of sp³-hybridized carbons (Fsp3) is 0.0833. The van der Waals surface area contributed by atoms with Gasteiger partial charge in [0.05, 0.1) is 5.56 Å². The molecule has 0 radical (unpaired) electrons. The average molecular weight is 243 g/mol. The highest BCUT2D eigenvalue weighted by molar-refractivity contribution is 5.91. The molecule has 6 heteroatoms. The molecule has 3 aromatic rings. The highest BCUT2D eigenvalue weighted by atomic mass is 16.4. The molecule has 2 heterocycles. The maximum Gasteiger partial charge on any atom is 0.335 e. The van der Waals surface area contributed by atoms with E-state index < -0.39 is 5.97 Å². The van der Waals surface area contributed by atoms with Gasteiger partial charge in [-0.1, -0.05) is 0 Å².